The Kier molecular flexibility index (Phi) is 16.6. The van der Waals surface area contributed by atoms with E-state index in [1.54, 1.807) is 0 Å². The van der Waals surface area contributed by atoms with Gasteiger partial charge < -0.3 is 25.5 Å². The maximum atomic E-state index is 6.17. The van der Waals surface area contributed by atoms with Crippen LogP contribution in [0.25, 0.3) is 44.9 Å². The van der Waals surface area contributed by atoms with Crippen molar-refractivity contribution in [2.75, 3.05) is 23.4 Å². The third-order valence-corrected chi connectivity index (χ3v) is 17.1. The van der Waals surface area contributed by atoms with E-state index in [0.29, 0.717) is 0 Å². The van der Waals surface area contributed by atoms with Crippen LogP contribution in [0.15, 0.2) is 295 Å². The van der Waals surface area contributed by atoms with E-state index in [0.717, 1.165) is 84.6 Å². The van der Waals surface area contributed by atoms with E-state index in [4.69, 9.17) is 25.6 Å². The normalized spacial score (nSPS) is 12.3. The number of aromatic nitrogens is 3. The summed E-state index contributed by atoms with van der Waals surface area (Å²) in [5.74, 6) is 2.38. The van der Waals surface area contributed by atoms with Crippen molar-refractivity contribution in [3.63, 3.8) is 0 Å². The van der Waals surface area contributed by atoms with Crippen LogP contribution < -0.4 is 63.0 Å². The van der Waals surface area contributed by atoms with Crippen molar-refractivity contribution in [2.45, 2.75) is 27.5 Å². The Morgan fingerprint density at radius 2 is 0.788 bits per heavy atom. The van der Waals surface area contributed by atoms with Gasteiger partial charge in [0.25, 0.3) is 5.52 Å². The lowest BCUT2D eigenvalue weighted by Crippen LogP contribution is -2.64. The summed E-state index contributed by atoms with van der Waals surface area (Å²) >= 11 is 0. The Labute approximate surface area is 499 Å². The fourth-order valence-electron chi connectivity index (χ4n) is 11.8. The Morgan fingerprint density at radius 3 is 1.18 bits per heavy atom. The van der Waals surface area contributed by atoms with Gasteiger partial charge in [-0.1, -0.05) is 224 Å². The lowest BCUT2D eigenvalue weighted by molar-refractivity contribution is -0.652. The highest BCUT2D eigenvalue weighted by Gasteiger charge is 2.28. The summed E-state index contributed by atoms with van der Waals surface area (Å²) < 4.78 is 16.0. The number of benzene rings is 11. The van der Waals surface area contributed by atoms with Gasteiger partial charge in [0.05, 0.1) is 18.0 Å². The largest absolute Gasteiger partial charge is 0.438 e. The number of nitrogen functional groups attached to an aromatic ring is 2. The summed E-state index contributed by atoms with van der Waals surface area (Å²) in [5, 5.41) is 0. The number of nitrogens with two attached hydrogens (primary N) is 2. The Hall–Kier alpha value is -10.4. The predicted octanol–water partition coefficient (Wildman–Crippen LogP) is 12.1. The summed E-state index contributed by atoms with van der Waals surface area (Å²) in [6.07, 6.45) is 0.0933. The molecule has 0 amide bonds. The summed E-state index contributed by atoms with van der Waals surface area (Å²) in [5.41, 5.74) is 32.0. The van der Waals surface area contributed by atoms with Gasteiger partial charge in [0.1, 0.15) is 24.2 Å². The molecule has 0 radical (unpaired) electrons. The molecule has 0 aliphatic carbocycles. The molecule has 0 saturated heterocycles. The number of aryl methyl sites for hydroxylation is 3. The van der Waals surface area contributed by atoms with Crippen LogP contribution in [0.1, 0.15) is 17.0 Å². The second-order valence-corrected chi connectivity index (χ2v) is 22.3. The number of rotatable bonds is 8. The van der Waals surface area contributed by atoms with Crippen molar-refractivity contribution >= 4 is 101 Å². The van der Waals surface area contributed by atoms with Gasteiger partial charge in [-0.05, 0) is 55.3 Å². The molecule has 85 heavy (non-hydrogen) atoms. The number of fused-ring (bicyclic) bond motifs is 4. The van der Waals surface area contributed by atoms with Crippen molar-refractivity contribution in [1.82, 2.24) is 4.98 Å². The van der Waals surface area contributed by atoms with Gasteiger partial charge in [-0.25, -0.2) is 37.8 Å². The number of hydrogen-bond donors (Lipinski definition) is 2. The molecule has 2 aromatic heterocycles. The van der Waals surface area contributed by atoms with Crippen LogP contribution >= 0.6 is 0 Å². The minimum Gasteiger partial charge on any atom is -0.438 e. The van der Waals surface area contributed by atoms with Gasteiger partial charge in [-0.15, -0.1) is 4.57 Å². The fourth-order valence-corrected chi connectivity index (χ4v) is 11.8. The van der Waals surface area contributed by atoms with Gasteiger partial charge in [0.15, 0.2) is 5.75 Å². The summed E-state index contributed by atoms with van der Waals surface area (Å²) in [6, 6.07) is 99.0. The highest BCUT2D eigenvalue weighted by Crippen LogP contribution is 2.38. The summed E-state index contributed by atoms with van der Waals surface area (Å²) in [4.78, 5) is 6.85. The van der Waals surface area contributed by atoms with Crippen molar-refractivity contribution in [2.24, 2.45) is 7.05 Å². The molecule has 418 valence electrons. The highest BCUT2D eigenvalue weighted by molar-refractivity contribution is 7.11. The van der Waals surface area contributed by atoms with Gasteiger partial charge in [-0.3, -0.25) is 0 Å². The van der Waals surface area contributed by atoms with E-state index in [-0.39, 0.29) is 0 Å². The van der Waals surface area contributed by atoms with E-state index in [9.17, 15) is 0 Å². The summed E-state index contributed by atoms with van der Waals surface area (Å²) in [6.45, 7) is 8.73. The molecule has 14 rings (SSSR count). The molecule has 0 spiro atoms. The minimum absolute atomic E-state index is 0.755. The van der Waals surface area contributed by atoms with Crippen LogP contribution in [-0.4, -0.2) is 24.3 Å². The SMILES string of the molecule is CN1/C(=C/c2oc3ccccc3[n+]2C)Oc2ccccc21.C[B-](c1ccccc1)(c1ccccc1)c1ccccc1.C[B-](c1ccccc1)(c1ccccc1)c1ccccc1.Cc1cc2nc3cc(C)c(N)cc3[n+](-c3ccccc3)c2cc1N. The molecule has 0 fully saturated rings. The third-order valence-electron chi connectivity index (χ3n) is 17.1. The van der Waals surface area contributed by atoms with E-state index in [1.807, 2.05) is 134 Å². The first-order valence-corrected chi connectivity index (χ1v) is 29.1. The molecule has 0 bridgehead atoms. The number of para-hydroxylation sites is 5. The number of oxazole rings is 1. The number of hydrogen-bond acceptors (Lipinski definition) is 6. The average molecular weight is 1110 g/mol. The van der Waals surface area contributed by atoms with E-state index in [2.05, 4.69) is 212 Å². The Morgan fingerprint density at radius 1 is 0.435 bits per heavy atom. The second kappa shape index (κ2) is 25.0. The molecule has 11 aromatic carbocycles. The van der Waals surface area contributed by atoms with Crippen LogP contribution in [0.5, 0.6) is 5.75 Å². The molecule has 0 atom stereocenters. The zero-order chi connectivity index (χ0) is 58.9. The van der Waals surface area contributed by atoms with Crippen LogP contribution in [0.4, 0.5) is 17.1 Å². The molecule has 8 nitrogen and oxygen atoms in total. The topological polar surface area (TPSA) is 98.3 Å². The lowest BCUT2D eigenvalue weighted by Gasteiger charge is -2.39. The molecule has 10 heteroatoms. The van der Waals surface area contributed by atoms with Crippen molar-refractivity contribution in [3.8, 4) is 11.4 Å². The first-order valence-electron chi connectivity index (χ1n) is 29.1. The standard InChI is InChI=1S/C20H18N4.2C19H18B.C17H15N2O2/c1-12-8-17-19(10-15(12)21)24(14-6-4-3-5-7-14)20-11-16(22)13(2)9-18(20)23-17;2*1-20(17-11-5-2-6-12-17,18-13-7-3-8-14-18)19-15-9-4-10-16-19;1-18-12-7-3-5-9-14(12)20-16(18)11-17-19(2)13-8-4-6-10-15(13)21-17/h3-11H,1-2H3,(H3,21,22);2*2-16H,1H3;3-11H,1-2H3/q;2*-1;+1/p+1. The molecular weight excluding hydrogens is 1040 g/mol. The maximum absolute atomic E-state index is 6.17. The van der Waals surface area contributed by atoms with Gasteiger partial charge >= 0.3 is 5.89 Å². The Bertz CT molecular complexity index is 4030. The quantitative estimate of drug-likeness (QED) is 0.0681. The Balaban J connectivity index is 0.000000118. The average Bonchev–Trinajstić information content (AvgIpc) is 3.22. The van der Waals surface area contributed by atoms with Gasteiger partial charge in [0.2, 0.25) is 28.2 Å². The maximum Gasteiger partial charge on any atom is 0.379 e. The zero-order valence-corrected chi connectivity index (χ0v) is 49.1. The predicted molar refractivity (Wildman–Crippen MR) is 360 cm³/mol. The molecule has 4 N–H and O–H groups in total. The van der Waals surface area contributed by atoms with Gasteiger partial charge in [0, 0.05) is 48.8 Å². The first-order chi connectivity index (χ1) is 41.4. The number of anilines is 3. The van der Waals surface area contributed by atoms with E-state index in [1.165, 1.54) is 32.8 Å². The van der Waals surface area contributed by atoms with E-state index < -0.39 is 12.3 Å². The smallest absolute Gasteiger partial charge is 0.379 e. The van der Waals surface area contributed by atoms with Crippen LogP contribution in [0.3, 0.4) is 0 Å². The molecule has 1 aliphatic heterocycles. The highest BCUT2D eigenvalue weighted by atomic mass is 16.5. The molecule has 1 aliphatic rings. The van der Waals surface area contributed by atoms with E-state index >= 15 is 0 Å². The summed E-state index contributed by atoms with van der Waals surface area (Å²) in [7, 11) is 3.97. The van der Waals surface area contributed by atoms with Crippen LogP contribution in [-0.2, 0) is 7.05 Å². The van der Waals surface area contributed by atoms with Crippen LogP contribution in [0, 0.1) is 13.8 Å². The number of nitrogens with zero attached hydrogens (tertiary/aromatic N) is 4. The lowest BCUT2D eigenvalue weighted by atomic mass is 9.17. The number of ether oxygens (including phenoxy) is 1. The van der Waals surface area contributed by atoms with Crippen LogP contribution in [0.2, 0.25) is 13.6 Å². The van der Waals surface area contributed by atoms with Crippen molar-refractivity contribution < 1.29 is 18.3 Å². The molecule has 0 saturated carbocycles. The molecule has 3 heterocycles. The minimum atomic E-state index is -0.912. The molecule has 13 aromatic rings. The van der Waals surface area contributed by atoms with Gasteiger partial charge in [-0.2, -0.15) is 18.2 Å². The van der Waals surface area contributed by atoms with Crippen molar-refractivity contribution in [3.05, 3.63) is 308 Å². The third kappa shape index (κ3) is 11.7. The molecule has 0 unspecified atom stereocenters. The van der Waals surface area contributed by atoms with Crippen molar-refractivity contribution in [1.29, 1.82) is 0 Å². The first kappa shape index (κ1) is 56.4. The monoisotopic (exact) mass is 1110 g/mol. The fraction of sp³-hybridized carbons (Fsp3) is 0.0800. The zero-order valence-electron chi connectivity index (χ0n) is 49.1. The molecular formula is C75H70B2N6O2. The second-order valence-electron chi connectivity index (χ2n) is 22.3.